The molecule has 2 aromatic rings. The molecule has 0 radical (unpaired) electrons. The number of fused-ring (bicyclic) bond motifs is 1. The summed E-state index contributed by atoms with van der Waals surface area (Å²) in [5.41, 5.74) is 2.78. The highest BCUT2D eigenvalue weighted by atomic mass is 35.5. The van der Waals surface area contributed by atoms with Crippen molar-refractivity contribution in [1.82, 2.24) is 10.3 Å². The average Bonchev–Trinajstić information content (AvgIpc) is 2.86. The van der Waals surface area contributed by atoms with Gasteiger partial charge in [0.2, 0.25) is 5.91 Å². The van der Waals surface area contributed by atoms with Gasteiger partial charge in [0.15, 0.2) is 0 Å². The van der Waals surface area contributed by atoms with E-state index in [-0.39, 0.29) is 5.91 Å². The summed E-state index contributed by atoms with van der Waals surface area (Å²) in [5, 5.41) is 7.76. The van der Waals surface area contributed by atoms with Gasteiger partial charge in [0.25, 0.3) is 0 Å². The molecule has 0 saturated heterocycles. The van der Waals surface area contributed by atoms with E-state index in [1.807, 2.05) is 25.1 Å². The molecule has 1 aromatic carbocycles. The number of benzene rings is 1. The normalized spacial score (nSPS) is 13.8. The minimum absolute atomic E-state index is 0.0561. The molecule has 1 aromatic heterocycles. The Morgan fingerprint density at radius 1 is 1.52 bits per heavy atom. The molecule has 0 atom stereocenters. The summed E-state index contributed by atoms with van der Waals surface area (Å²) in [6.45, 7) is 3.72. The number of amides is 1. The van der Waals surface area contributed by atoms with Gasteiger partial charge in [-0.05, 0) is 24.6 Å². The zero-order valence-corrected chi connectivity index (χ0v) is 13.3. The minimum atomic E-state index is -0.0561. The molecule has 0 saturated carbocycles. The number of hydrogen-bond acceptors (Lipinski definition) is 4. The fraction of sp³-hybridized carbons (Fsp3) is 0.333. The first-order valence-electron chi connectivity index (χ1n) is 6.86. The van der Waals surface area contributed by atoms with Crippen LogP contribution in [0, 0.1) is 6.92 Å². The van der Waals surface area contributed by atoms with Crippen molar-refractivity contribution in [1.29, 1.82) is 0 Å². The van der Waals surface area contributed by atoms with Gasteiger partial charge >= 0.3 is 0 Å². The van der Waals surface area contributed by atoms with Crippen LogP contribution in [0.3, 0.4) is 0 Å². The van der Waals surface area contributed by atoms with E-state index >= 15 is 0 Å². The Morgan fingerprint density at radius 2 is 2.38 bits per heavy atom. The summed E-state index contributed by atoms with van der Waals surface area (Å²) in [7, 11) is 0. The van der Waals surface area contributed by atoms with Crippen molar-refractivity contribution in [2.24, 2.45) is 0 Å². The molecule has 0 bridgehead atoms. The lowest BCUT2D eigenvalue weighted by Gasteiger charge is -2.09. The van der Waals surface area contributed by atoms with Gasteiger partial charge in [0.1, 0.15) is 5.01 Å². The molecule has 2 N–H and O–H groups in total. The van der Waals surface area contributed by atoms with Gasteiger partial charge in [-0.2, -0.15) is 0 Å². The maximum Gasteiger partial charge on any atom is 0.231 e. The molecule has 2 heterocycles. The molecular weight excluding hydrogens is 306 g/mol. The number of carbonyl (C=O) groups excluding carboxylic acids is 1. The van der Waals surface area contributed by atoms with Crippen LogP contribution in [-0.4, -0.2) is 17.4 Å². The summed E-state index contributed by atoms with van der Waals surface area (Å²) in [5.74, 6) is -0.0561. The number of nitrogens with zero attached hydrogens (tertiary/aromatic N) is 1. The maximum absolute atomic E-state index is 12.2. The van der Waals surface area contributed by atoms with Crippen LogP contribution in [0.25, 0.3) is 0 Å². The van der Waals surface area contributed by atoms with Gasteiger partial charge in [-0.3, -0.25) is 4.79 Å². The standard InChI is InChI=1S/C15H16ClN3OS/c1-9-10(16)3-2-4-11(9)18-14(20)7-15-19-12-5-6-17-8-13(12)21-15/h2-4,17H,5-8H2,1H3,(H,18,20). The smallest absolute Gasteiger partial charge is 0.231 e. The molecular formula is C15H16ClN3OS. The van der Waals surface area contributed by atoms with E-state index in [0.29, 0.717) is 11.4 Å². The quantitative estimate of drug-likeness (QED) is 0.914. The van der Waals surface area contributed by atoms with E-state index in [1.54, 1.807) is 11.3 Å². The predicted molar refractivity (Wildman–Crippen MR) is 86.0 cm³/mol. The van der Waals surface area contributed by atoms with Gasteiger partial charge in [-0.15, -0.1) is 11.3 Å². The monoisotopic (exact) mass is 321 g/mol. The molecule has 0 spiro atoms. The first kappa shape index (κ1) is 14.5. The fourth-order valence-electron chi connectivity index (χ4n) is 2.33. The van der Waals surface area contributed by atoms with Gasteiger partial charge in [-0.25, -0.2) is 4.98 Å². The Bertz CT molecular complexity index is 660. The molecule has 1 amide bonds. The molecule has 4 nitrogen and oxygen atoms in total. The van der Waals surface area contributed by atoms with E-state index < -0.39 is 0 Å². The topological polar surface area (TPSA) is 54.0 Å². The molecule has 1 aliphatic heterocycles. The third-order valence-corrected chi connectivity index (χ3v) is 5.01. The van der Waals surface area contributed by atoms with Gasteiger partial charge < -0.3 is 10.6 Å². The highest BCUT2D eigenvalue weighted by Crippen LogP contribution is 2.24. The second-order valence-electron chi connectivity index (χ2n) is 5.04. The molecule has 0 fully saturated rings. The van der Waals surface area contributed by atoms with Gasteiger partial charge in [0, 0.05) is 35.1 Å². The van der Waals surface area contributed by atoms with Crippen LogP contribution in [0.15, 0.2) is 18.2 Å². The molecule has 0 aliphatic carbocycles. The zero-order valence-electron chi connectivity index (χ0n) is 11.7. The van der Waals surface area contributed by atoms with E-state index in [2.05, 4.69) is 15.6 Å². The Balaban J connectivity index is 1.69. The van der Waals surface area contributed by atoms with E-state index in [1.165, 1.54) is 4.88 Å². The highest BCUT2D eigenvalue weighted by molar-refractivity contribution is 7.11. The summed E-state index contributed by atoms with van der Waals surface area (Å²) in [4.78, 5) is 18.0. The largest absolute Gasteiger partial charge is 0.325 e. The molecule has 3 rings (SSSR count). The van der Waals surface area contributed by atoms with E-state index in [0.717, 1.165) is 41.5 Å². The fourth-order valence-corrected chi connectivity index (χ4v) is 3.59. The molecule has 0 unspecified atom stereocenters. The predicted octanol–water partition coefficient (Wildman–Crippen LogP) is 2.93. The molecule has 21 heavy (non-hydrogen) atoms. The Kier molecular flexibility index (Phi) is 4.24. The van der Waals surface area contributed by atoms with Crippen LogP contribution in [0.4, 0.5) is 5.69 Å². The van der Waals surface area contributed by atoms with Crippen LogP contribution < -0.4 is 10.6 Å². The second-order valence-corrected chi connectivity index (χ2v) is 6.62. The van der Waals surface area contributed by atoms with Crippen LogP contribution >= 0.6 is 22.9 Å². The highest BCUT2D eigenvalue weighted by Gasteiger charge is 2.16. The Hall–Kier alpha value is -1.43. The average molecular weight is 322 g/mol. The molecule has 6 heteroatoms. The van der Waals surface area contributed by atoms with Crippen molar-refractivity contribution in [3.63, 3.8) is 0 Å². The zero-order chi connectivity index (χ0) is 14.8. The van der Waals surface area contributed by atoms with E-state index in [4.69, 9.17) is 11.6 Å². The SMILES string of the molecule is Cc1c(Cl)cccc1NC(=O)Cc1nc2c(s1)CNCC2. The second kappa shape index (κ2) is 6.13. The number of carbonyl (C=O) groups is 1. The number of halogens is 1. The lowest BCUT2D eigenvalue weighted by atomic mass is 10.2. The van der Waals surface area contributed by atoms with Gasteiger partial charge in [-0.1, -0.05) is 17.7 Å². The van der Waals surface area contributed by atoms with Crippen molar-refractivity contribution in [3.05, 3.63) is 44.4 Å². The summed E-state index contributed by atoms with van der Waals surface area (Å²) < 4.78 is 0. The molecule has 110 valence electrons. The van der Waals surface area contributed by atoms with Crippen LogP contribution in [0.1, 0.15) is 21.1 Å². The van der Waals surface area contributed by atoms with E-state index in [9.17, 15) is 4.79 Å². The number of nitrogens with one attached hydrogen (secondary N) is 2. The summed E-state index contributed by atoms with van der Waals surface area (Å²) >= 11 is 7.68. The maximum atomic E-state index is 12.2. The number of aromatic nitrogens is 1. The lowest BCUT2D eigenvalue weighted by Crippen LogP contribution is -2.22. The van der Waals surface area contributed by atoms with Gasteiger partial charge in [0.05, 0.1) is 12.1 Å². The number of thiazole rings is 1. The first-order valence-corrected chi connectivity index (χ1v) is 8.06. The minimum Gasteiger partial charge on any atom is -0.325 e. The first-order chi connectivity index (χ1) is 10.1. The van der Waals surface area contributed by atoms with Crippen molar-refractivity contribution < 1.29 is 4.79 Å². The molecule has 1 aliphatic rings. The third-order valence-electron chi connectivity index (χ3n) is 3.50. The third kappa shape index (κ3) is 3.26. The van der Waals surface area contributed by atoms with Crippen LogP contribution in [0.2, 0.25) is 5.02 Å². The van der Waals surface area contributed by atoms with Crippen molar-refractivity contribution >= 4 is 34.5 Å². The number of rotatable bonds is 3. The van der Waals surface area contributed by atoms with Crippen LogP contribution in [-0.2, 0) is 24.2 Å². The van der Waals surface area contributed by atoms with Crippen LogP contribution in [0.5, 0.6) is 0 Å². The van der Waals surface area contributed by atoms with Crippen molar-refractivity contribution in [2.45, 2.75) is 26.3 Å². The summed E-state index contributed by atoms with van der Waals surface area (Å²) in [6, 6.07) is 5.50. The Morgan fingerprint density at radius 3 is 3.19 bits per heavy atom. The Labute approximate surface area is 132 Å². The lowest BCUT2D eigenvalue weighted by molar-refractivity contribution is -0.115. The van der Waals surface area contributed by atoms with Crippen molar-refractivity contribution in [2.75, 3.05) is 11.9 Å². The summed E-state index contributed by atoms with van der Waals surface area (Å²) in [6.07, 6.45) is 1.25. The van der Waals surface area contributed by atoms with Crippen molar-refractivity contribution in [3.8, 4) is 0 Å². The number of anilines is 1. The number of hydrogen-bond donors (Lipinski definition) is 2.